The summed E-state index contributed by atoms with van der Waals surface area (Å²) >= 11 is 0. The van der Waals surface area contributed by atoms with E-state index in [1.165, 1.54) is 0 Å². The highest BCUT2D eigenvalue weighted by Crippen LogP contribution is 2.29. The highest BCUT2D eigenvalue weighted by molar-refractivity contribution is 6.05. The molecular weight excluding hydrogens is 218 g/mol. The zero-order chi connectivity index (χ0) is 12.6. The van der Waals surface area contributed by atoms with Crippen molar-refractivity contribution in [1.29, 1.82) is 0 Å². The fourth-order valence-electron chi connectivity index (χ4n) is 1.88. The lowest BCUT2D eigenvalue weighted by Gasteiger charge is -2.09. The van der Waals surface area contributed by atoms with Gasteiger partial charge in [-0.2, -0.15) is 0 Å². The second-order valence-electron chi connectivity index (χ2n) is 3.96. The number of aromatic nitrogens is 1. The summed E-state index contributed by atoms with van der Waals surface area (Å²) in [6.07, 6.45) is 0.496. The maximum atomic E-state index is 11.2. The highest BCUT2D eigenvalue weighted by atomic mass is 16.4. The average Bonchev–Trinajstić information content (AvgIpc) is 2.27. The Kier molecular flexibility index (Phi) is 2.71. The summed E-state index contributed by atoms with van der Waals surface area (Å²) in [5.74, 6) is -1.35. The van der Waals surface area contributed by atoms with Crippen molar-refractivity contribution in [2.75, 3.05) is 0 Å². The molecule has 4 heteroatoms. The molecule has 0 saturated heterocycles. The first kappa shape index (κ1) is 11.4. The van der Waals surface area contributed by atoms with Gasteiger partial charge in [0.1, 0.15) is 5.56 Å². The van der Waals surface area contributed by atoms with Crippen LogP contribution in [0.3, 0.4) is 0 Å². The first-order chi connectivity index (χ1) is 8.04. The molecule has 0 bridgehead atoms. The van der Waals surface area contributed by atoms with Crippen molar-refractivity contribution in [1.82, 2.24) is 4.98 Å². The fourth-order valence-corrected chi connectivity index (χ4v) is 1.88. The standard InChI is InChI=1S/C13H13NO3/c1-3-9-12(15)11(13(16)17)8-6-7(2)4-5-10(8)14-9/h4-6,15H,3H2,1-2H3,(H,16,17). The molecule has 88 valence electrons. The van der Waals surface area contributed by atoms with Crippen LogP contribution in [0.4, 0.5) is 0 Å². The molecule has 2 aromatic rings. The second kappa shape index (κ2) is 4.05. The number of hydrogen-bond acceptors (Lipinski definition) is 3. The van der Waals surface area contributed by atoms with E-state index in [1.807, 2.05) is 19.9 Å². The van der Waals surface area contributed by atoms with E-state index in [9.17, 15) is 15.0 Å². The van der Waals surface area contributed by atoms with Crippen LogP contribution in [0.2, 0.25) is 0 Å². The zero-order valence-corrected chi connectivity index (χ0v) is 9.69. The van der Waals surface area contributed by atoms with Gasteiger partial charge in [0.05, 0.1) is 11.2 Å². The Labute approximate surface area is 98.5 Å². The van der Waals surface area contributed by atoms with Crippen LogP contribution in [0.5, 0.6) is 5.75 Å². The van der Waals surface area contributed by atoms with Crippen molar-refractivity contribution in [3.8, 4) is 5.75 Å². The molecule has 0 atom stereocenters. The third kappa shape index (κ3) is 1.82. The van der Waals surface area contributed by atoms with E-state index >= 15 is 0 Å². The first-order valence-corrected chi connectivity index (χ1v) is 5.40. The van der Waals surface area contributed by atoms with E-state index in [0.29, 0.717) is 23.0 Å². The number of rotatable bonds is 2. The predicted octanol–water partition coefficient (Wildman–Crippen LogP) is 2.51. The highest BCUT2D eigenvalue weighted by Gasteiger charge is 2.18. The molecular formula is C13H13NO3. The Morgan fingerprint density at radius 2 is 2.12 bits per heavy atom. The fraction of sp³-hybridized carbons (Fsp3) is 0.231. The van der Waals surface area contributed by atoms with Gasteiger partial charge in [0, 0.05) is 5.39 Å². The van der Waals surface area contributed by atoms with Gasteiger partial charge in [0.25, 0.3) is 0 Å². The smallest absolute Gasteiger partial charge is 0.340 e. The number of carboxylic acid groups (broad SMARTS) is 1. The second-order valence-corrected chi connectivity index (χ2v) is 3.96. The first-order valence-electron chi connectivity index (χ1n) is 5.40. The minimum absolute atomic E-state index is 0.0597. The van der Waals surface area contributed by atoms with Gasteiger partial charge in [0.2, 0.25) is 0 Å². The maximum Gasteiger partial charge on any atom is 0.340 e. The normalized spacial score (nSPS) is 10.7. The molecule has 2 rings (SSSR count). The van der Waals surface area contributed by atoms with Crippen molar-refractivity contribution in [3.05, 3.63) is 35.0 Å². The summed E-state index contributed by atoms with van der Waals surface area (Å²) in [7, 11) is 0. The summed E-state index contributed by atoms with van der Waals surface area (Å²) in [5, 5.41) is 19.6. The van der Waals surface area contributed by atoms with E-state index in [2.05, 4.69) is 4.98 Å². The van der Waals surface area contributed by atoms with Crippen molar-refractivity contribution >= 4 is 16.9 Å². The minimum Gasteiger partial charge on any atom is -0.505 e. The number of aryl methyl sites for hydroxylation is 2. The van der Waals surface area contributed by atoms with Crippen molar-refractivity contribution < 1.29 is 15.0 Å². The quantitative estimate of drug-likeness (QED) is 0.833. The predicted molar refractivity (Wildman–Crippen MR) is 64.5 cm³/mol. The summed E-state index contributed by atoms with van der Waals surface area (Å²) in [6, 6.07) is 5.37. The minimum atomic E-state index is -1.13. The van der Waals surface area contributed by atoms with Gasteiger partial charge in [-0.1, -0.05) is 18.6 Å². The van der Waals surface area contributed by atoms with Gasteiger partial charge >= 0.3 is 5.97 Å². The van der Waals surface area contributed by atoms with Gasteiger partial charge in [-0.15, -0.1) is 0 Å². The van der Waals surface area contributed by atoms with E-state index in [0.717, 1.165) is 5.56 Å². The number of carboxylic acids is 1. The molecule has 0 radical (unpaired) electrons. The number of fused-ring (bicyclic) bond motifs is 1. The van der Waals surface area contributed by atoms with Crippen LogP contribution in [0.15, 0.2) is 18.2 Å². The molecule has 17 heavy (non-hydrogen) atoms. The molecule has 0 aliphatic rings. The molecule has 0 unspecified atom stereocenters. The van der Waals surface area contributed by atoms with Crippen LogP contribution < -0.4 is 0 Å². The zero-order valence-electron chi connectivity index (χ0n) is 9.69. The van der Waals surface area contributed by atoms with E-state index in [1.54, 1.807) is 12.1 Å². The Hall–Kier alpha value is -2.10. The topological polar surface area (TPSA) is 70.4 Å². The number of hydrogen-bond donors (Lipinski definition) is 2. The average molecular weight is 231 g/mol. The van der Waals surface area contributed by atoms with Crippen LogP contribution in [0, 0.1) is 6.92 Å². The van der Waals surface area contributed by atoms with Crippen LogP contribution in [0.1, 0.15) is 28.5 Å². The van der Waals surface area contributed by atoms with E-state index in [-0.39, 0.29) is 11.3 Å². The number of nitrogens with zero attached hydrogens (tertiary/aromatic N) is 1. The Bertz CT molecular complexity index is 605. The summed E-state index contributed by atoms with van der Waals surface area (Å²) in [4.78, 5) is 15.5. The molecule has 4 nitrogen and oxygen atoms in total. The van der Waals surface area contributed by atoms with Crippen LogP contribution in [-0.2, 0) is 6.42 Å². The molecule has 0 saturated carbocycles. The number of carbonyl (C=O) groups is 1. The summed E-state index contributed by atoms with van der Waals surface area (Å²) < 4.78 is 0. The molecule has 0 fully saturated rings. The Morgan fingerprint density at radius 1 is 1.41 bits per heavy atom. The van der Waals surface area contributed by atoms with Crippen molar-refractivity contribution in [3.63, 3.8) is 0 Å². The van der Waals surface area contributed by atoms with Gasteiger partial charge in [-0.3, -0.25) is 0 Å². The number of pyridine rings is 1. The maximum absolute atomic E-state index is 11.2. The lowest BCUT2D eigenvalue weighted by Crippen LogP contribution is -2.03. The number of benzene rings is 1. The monoisotopic (exact) mass is 231 g/mol. The summed E-state index contributed by atoms with van der Waals surface area (Å²) in [5.41, 5.74) is 1.89. The van der Waals surface area contributed by atoms with Crippen LogP contribution >= 0.6 is 0 Å². The lowest BCUT2D eigenvalue weighted by atomic mass is 10.0. The molecule has 1 aromatic carbocycles. The van der Waals surface area contributed by atoms with E-state index in [4.69, 9.17) is 0 Å². The van der Waals surface area contributed by atoms with Gasteiger partial charge in [-0.05, 0) is 25.5 Å². The van der Waals surface area contributed by atoms with Crippen molar-refractivity contribution in [2.24, 2.45) is 0 Å². The van der Waals surface area contributed by atoms with Gasteiger partial charge in [-0.25, -0.2) is 9.78 Å². The Balaban J connectivity index is 2.92. The van der Waals surface area contributed by atoms with Gasteiger partial charge < -0.3 is 10.2 Å². The van der Waals surface area contributed by atoms with Crippen molar-refractivity contribution in [2.45, 2.75) is 20.3 Å². The number of aromatic carboxylic acids is 1. The molecule has 0 amide bonds. The third-order valence-electron chi connectivity index (χ3n) is 2.74. The largest absolute Gasteiger partial charge is 0.505 e. The third-order valence-corrected chi connectivity index (χ3v) is 2.74. The molecule has 0 aliphatic carbocycles. The summed E-state index contributed by atoms with van der Waals surface area (Å²) in [6.45, 7) is 3.70. The SMILES string of the molecule is CCc1nc2ccc(C)cc2c(C(=O)O)c1O. The molecule has 0 aliphatic heterocycles. The van der Waals surface area contributed by atoms with Gasteiger partial charge in [0.15, 0.2) is 5.75 Å². The molecule has 1 aromatic heterocycles. The Morgan fingerprint density at radius 3 is 2.71 bits per heavy atom. The van der Waals surface area contributed by atoms with Crippen LogP contribution in [-0.4, -0.2) is 21.2 Å². The molecule has 0 spiro atoms. The number of aromatic hydroxyl groups is 1. The molecule has 1 heterocycles. The van der Waals surface area contributed by atoms with Crippen LogP contribution in [0.25, 0.3) is 10.9 Å². The van der Waals surface area contributed by atoms with E-state index < -0.39 is 5.97 Å². The molecule has 2 N–H and O–H groups in total. The lowest BCUT2D eigenvalue weighted by molar-refractivity contribution is 0.0695.